The molecule has 1 heterocycles. The van der Waals surface area contributed by atoms with Crippen LogP contribution in [0, 0.1) is 0 Å². The molecule has 0 aromatic carbocycles. The molecule has 1 rings (SSSR count). The minimum atomic E-state index is -4.19. The molecule has 98 valence electrons. The summed E-state index contributed by atoms with van der Waals surface area (Å²) in [5.74, 6) is 0. The largest absolute Gasteiger partial charge is 0.390 e. The Morgan fingerprint density at radius 3 is 2.65 bits per heavy atom. The lowest BCUT2D eigenvalue weighted by molar-refractivity contribution is -0.137. The third-order valence-electron chi connectivity index (χ3n) is 1.96. The summed E-state index contributed by atoms with van der Waals surface area (Å²) in [6.07, 6.45) is -3.71. The third-order valence-corrected chi connectivity index (χ3v) is 2.28. The second kappa shape index (κ2) is 5.73. The van der Waals surface area contributed by atoms with Crippen LogP contribution in [0.25, 0.3) is 0 Å². The minimum absolute atomic E-state index is 0.0198. The molecule has 0 fully saturated rings. The lowest BCUT2D eigenvalue weighted by atomic mass is 10.4. The highest BCUT2D eigenvalue weighted by Gasteiger charge is 2.27. The molecular weight excluding hydrogens is 257 g/mol. The smallest absolute Gasteiger partial charge is 0.372 e. The zero-order valence-corrected chi connectivity index (χ0v) is 10.3. The molecule has 0 amide bonds. The topological polar surface area (TPSA) is 27.1 Å². The van der Waals surface area contributed by atoms with Crippen LogP contribution in [0.5, 0.6) is 0 Å². The highest BCUT2D eigenvalue weighted by Crippen LogP contribution is 2.21. The second-order valence-corrected chi connectivity index (χ2v) is 4.32. The molecule has 0 bridgehead atoms. The maximum atomic E-state index is 12.0. The first-order valence-electron chi connectivity index (χ1n) is 5.18. The van der Waals surface area contributed by atoms with Gasteiger partial charge in [-0.05, 0) is 13.8 Å². The number of ether oxygens (including phenoxy) is 1. The molecule has 0 spiro atoms. The Labute approximate surface area is 103 Å². The van der Waals surface area contributed by atoms with Crippen LogP contribution in [0.4, 0.5) is 13.2 Å². The number of aryl methyl sites for hydroxylation is 1. The first kappa shape index (κ1) is 14.3. The summed E-state index contributed by atoms with van der Waals surface area (Å²) in [5.41, 5.74) is 0.461. The first-order valence-corrected chi connectivity index (χ1v) is 5.56. The molecule has 0 aliphatic rings. The molecular formula is C10H14ClF3N2O. The van der Waals surface area contributed by atoms with E-state index < -0.39 is 12.6 Å². The van der Waals surface area contributed by atoms with Crippen molar-refractivity contribution in [1.82, 2.24) is 9.78 Å². The van der Waals surface area contributed by atoms with Crippen molar-refractivity contribution in [2.75, 3.05) is 0 Å². The highest BCUT2D eigenvalue weighted by molar-refractivity contribution is 6.31. The number of hydrogen-bond donors (Lipinski definition) is 0. The van der Waals surface area contributed by atoms with Crippen molar-refractivity contribution in [2.45, 2.75) is 45.7 Å². The van der Waals surface area contributed by atoms with E-state index in [1.54, 1.807) is 0 Å². The van der Waals surface area contributed by atoms with Crippen molar-refractivity contribution in [3.8, 4) is 0 Å². The Bertz CT molecular complexity index is 363. The normalized spacial score (nSPS) is 12.4. The predicted molar refractivity (Wildman–Crippen MR) is 57.8 cm³/mol. The van der Waals surface area contributed by atoms with Gasteiger partial charge in [-0.3, -0.25) is 4.68 Å². The van der Waals surface area contributed by atoms with Gasteiger partial charge in [-0.2, -0.15) is 18.3 Å². The molecule has 17 heavy (non-hydrogen) atoms. The van der Waals surface area contributed by atoms with Crippen LogP contribution < -0.4 is 0 Å². The van der Waals surface area contributed by atoms with Crippen LogP contribution in [0.2, 0.25) is 5.02 Å². The zero-order chi connectivity index (χ0) is 13.1. The third kappa shape index (κ3) is 5.41. The molecule has 1 aromatic heterocycles. The maximum Gasteiger partial charge on any atom is 0.390 e. The number of aromatic nitrogens is 2. The van der Waals surface area contributed by atoms with Gasteiger partial charge >= 0.3 is 6.18 Å². The Balaban J connectivity index is 2.55. The van der Waals surface area contributed by atoms with Crippen molar-refractivity contribution in [3.05, 3.63) is 16.9 Å². The lowest BCUT2D eigenvalue weighted by Crippen LogP contribution is -2.12. The fourth-order valence-corrected chi connectivity index (χ4v) is 1.34. The van der Waals surface area contributed by atoms with Crippen LogP contribution in [0.1, 0.15) is 26.0 Å². The average molecular weight is 271 g/mol. The van der Waals surface area contributed by atoms with E-state index in [-0.39, 0.29) is 19.3 Å². The molecule has 3 nitrogen and oxygen atoms in total. The molecule has 0 radical (unpaired) electrons. The highest BCUT2D eigenvalue weighted by atomic mass is 35.5. The van der Waals surface area contributed by atoms with Crippen LogP contribution in [0.3, 0.4) is 0 Å². The molecule has 0 saturated carbocycles. The van der Waals surface area contributed by atoms with E-state index in [0.29, 0.717) is 10.7 Å². The Morgan fingerprint density at radius 2 is 2.12 bits per heavy atom. The van der Waals surface area contributed by atoms with Crippen molar-refractivity contribution >= 4 is 11.6 Å². The number of nitrogens with zero attached hydrogens (tertiary/aromatic N) is 2. The van der Waals surface area contributed by atoms with E-state index in [0.717, 1.165) is 0 Å². The van der Waals surface area contributed by atoms with Crippen LogP contribution in [-0.2, 0) is 17.9 Å². The van der Waals surface area contributed by atoms with Gasteiger partial charge in [0.1, 0.15) is 5.69 Å². The van der Waals surface area contributed by atoms with Gasteiger partial charge in [-0.1, -0.05) is 11.6 Å². The van der Waals surface area contributed by atoms with E-state index in [1.165, 1.54) is 10.9 Å². The van der Waals surface area contributed by atoms with Crippen molar-refractivity contribution < 1.29 is 17.9 Å². The summed E-state index contributed by atoms with van der Waals surface area (Å²) in [6, 6.07) is 0. The number of alkyl halides is 3. The average Bonchev–Trinajstić information content (AvgIpc) is 2.52. The fraction of sp³-hybridized carbons (Fsp3) is 0.700. The van der Waals surface area contributed by atoms with Gasteiger partial charge in [-0.25, -0.2) is 0 Å². The summed E-state index contributed by atoms with van der Waals surface area (Å²) in [5, 5.41) is 4.27. The Hall–Kier alpha value is -0.750. The molecule has 0 N–H and O–H groups in total. The van der Waals surface area contributed by atoms with Gasteiger partial charge in [0.2, 0.25) is 0 Å². The summed E-state index contributed by atoms with van der Waals surface area (Å²) >= 11 is 5.83. The maximum absolute atomic E-state index is 12.0. The van der Waals surface area contributed by atoms with Crippen LogP contribution in [-0.4, -0.2) is 22.1 Å². The van der Waals surface area contributed by atoms with Crippen molar-refractivity contribution in [1.29, 1.82) is 0 Å². The molecule has 0 aliphatic heterocycles. The summed E-state index contributed by atoms with van der Waals surface area (Å²) in [4.78, 5) is 0. The van der Waals surface area contributed by atoms with E-state index >= 15 is 0 Å². The molecule has 0 aliphatic carbocycles. The van der Waals surface area contributed by atoms with Gasteiger partial charge in [0, 0.05) is 12.7 Å². The van der Waals surface area contributed by atoms with Gasteiger partial charge in [0.15, 0.2) is 0 Å². The standard InChI is InChI=1S/C10H14ClF3N2O/c1-7(2)17-6-9-8(11)5-16(15-9)4-3-10(12,13)14/h5,7H,3-4,6H2,1-2H3. The molecule has 0 atom stereocenters. The quantitative estimate of drug-likeness (QED) is 0.820. The summed E-state index contributed by atoms with van der Waals surface area (Å²) < 4.78 is 42.5. The van der Waals surface area contributed by atoms with Gasteiger partial charge in [0.05, 0.1) is 24.2 Å². The van der Waals surface area contributed by atoms with Crippen molar-refractivity contribution in [3.63, 3.8) is 0 Å². The molecule has 0 saturated heterocycles. The number of halogens is 4. The Morgan fingerprint density at radius 1 is 1.47 bits per heavy atom. The predicted octanol–water partition coefficient (Wildman–Crippen LogP) is 3.41. The summed E-state index contributed by atoms with van der Waals surface area (Å²) in [7, 11) is 0. The second-order valence-electron chi connectivity index (χ2n) is 3.91. The first-order chi connectivity index (χ1) is 7.78. The molecule has 0 unspecified atom stereocenters. The van der Waals surface area contributed by atoms with Gasteiger partial charge < -0.3 is 4.74 Å². The minimum Gasteiger partial charge on any atom is -0.372 e. The van der Waals surface area contributed by atoms with E-state index in [4.69, 9.17) is 16.3 Å². The van der Waals surface area contributed by atoms with Crippen LogP contribution in [0.15, 0.2) is 6.20 Å². The van der Waals surface area contributed by atoms with E-state index in [2.05, 4.69) is 5.10 Å². The van der Waals surface area contributed by atoms with Crippen LogP contribution >= 0.6 is 11.6 Å². The molecule has 1 aromatic rings. The van der Waals surface area contributed by atoms with Crippen molar-refractivity contribution in [2.24, 2.45) is 0 Å². The monoisotopic (exact) mass is 270 g/mol. The van der Waals surface area contributed by atoms with Gasteiger partial charge in [-0.15, -0.1) is 0 Å². The van der Waals surface area contributed by atoms with E-state index in [1.807, 2.05) is 13.8 Å². The Kier molecular flexibility index (Phi) is 4.82. The summed E-state index contributed by atoms with van der Waals surface area (Å²) in [6.45, 7) is 3.68. The molecule has 7 heteroatoms. The van der Waals surface area contributed by atoms with Gasteiger partial charge in [0.25, 0.3) is 0 Å². The fourth-order valence-electron chi connectivity index (χ4n) is 1.14. The lowest BCUT2D eigenvalue weighted by Gasteiger charge is -2.06. The number of rotatable bonds is 5. The SMILES string of the molecule is CC(C)OCc1nn(CCC(F)(F)F)cc1Cl. The number of hydrogen-bond acceptors (Lipinski definition) is 2. The van der Waals surface area contributed by atoms with E-state index in [9.17, 15) is 13.2 Å². The zero-order valence-electron chi connectivity index (χ0n) is 9.59.